The van der Waals surface area contributed by atoms with Gasteiger partial charge in [-0.25, -0.2) is 4.79 Å². The van der Waals surface area contributed by atoms with Crippen LogP contribution in [0.2, 0.25) is 0 Å². The summed E-state index contributed by atoms with van der Waals surface area (Å²) in [7, 11) is 1.58. The number of nitrogens with zero attached hydrogens (tertiary/aromatic N) is 2. The van der Waals surface area contributed by atoms with Crippen molar-refractivity contribution in [3.63, 3.8) is 0 Å². The number of aryl methyl sites for hydroxylation is 1. The summed E-state index contributed by atoms with van der Waals surface area (Å²) in [6.45, 7) is 3.94. The highest BCUT2D eigenvalue weighted by atomic mass is 19.4. The molecule has 30 heavy (non-hydrogen) atoms. The van der Waals surface area contributed by atoms with Crippen LogP contribution < -0.4 is 15.4 Å². The molecule has 0 aliphatic carbocycles. The van der Waals surface area contributed by atoms with Crippen LogP contribution in [0.5, 0.6) is 5.75 Å². The van der Waals surface area contributed by atoms with E-state index in [9.17, 15) is 18.0 Å². The van der Waals surface area contributed by atoms with E-state index < -0.39 is 17.8 Å². The van der Waals surface area contributed by atoms with Crippen LogP contribution in [0, 0.1) is 13.8 Å². The number of rotatable bonds is 5. The van der Waals surface area contributed by atoms with Crippen molar-refractivity contribution in [2.24, 2.45) is 0 Å². The topological polar surface area (TPSA) is 68.2 Å². The Kier molecular flexibility index (Phi) is 6.00. The number of methoxy groups -OCH3 is 1. The Hall–Kier alpha value is -3.49. The van der Waals surface area contributed by atoms with Gasteiger partial charge >= 0.3 is 12.2 Å². The van der Waals surface area contributed by atoms with Gasteiger partial charge in [-0.1, -0.05) is 24.3 Å². The molecule has 1 aromatic heterocycles. The lowest BCUT2D eigenvalue weighted by molar-refractivity contribution is -0.136. The van der Waals surface area contributed by atoms with Crippen molar-refractivity contribution >= 4 is 17.4 Å². The van der Waals surface area contributed by atoms with Gasteiger partial charge in [0.2, 0.25) is 0 Å². The number of benzene rings is 2. The van der Waals surface area contributed by atoms with Gasteiger partial charge in [0.05, 0.1) is 42.0 Å². The van der Waals surface area contributed by atoms with Crippen LogP contribution in [0.1, 0.15) is 22.5 Å². The number of urea groups is 1. The van der Waals surface area contributed by atoms with Gasteiger partial charge in [-0.3, -0.25) is 4.68 Å². The molecule has 0 saturated heterocycles. The summed E-state index contributed by atoms with van der Waals surface area (Å²) in [6.07, 6.45) is -4.57. The number of amides is 2. The lowest BCUT2D eigenvalue weighted by Gasteiger charge is -2.14. The van der Waals surface area contributed by atoms with Gasteiger partial charge in [0.15, 0.2) is 0 Å². The zero-order valence-corrected chi connectivity index (χ0v) is 16.7. The Labute approximate surface area is 171 Å². The second kappa shape index (κ2) is 8.48. The number of alkyl halides is 3. The Bertz CT molecular complexity index is 1060. The van der Waals surface area contributed by atoms with Crippen LogP contribution >= 0.6 is 0 Å². The smallest absolute Gasteiger partial charge is 0.418 e. The number of halogens is 3. The quantitative estimate of drug-likeness (QED) is 0.597. The number of ether oxygens (including phenoxy) is 1. The minimum atomic E-state index is -4.57. The van der Waals surface area contributed by atoms with Crippen molar-refractivity contribution in [1.29, 1.82) is 0 Å². The molecule has 6 nitrogen and oxygen atoms in total. The van der Waals surface area contributed by atoms with Crippen molar-refractivity contribution in [3.8, 4) is 5.75 Å². The molecule has 0 aliphatic heterocycles. The molecule has 0 fully saturated rings. The largest absolute Gasteiger partial charge is 0.497 e. The summed E-state index contributed by atoms with van der Waals surface area (Å²) in [5, 5.41) is 9.31. The molecule has 2 aromatic carbocycles. The number of carbonyl (C=O) groups excluding carboxylic acids is 1. The SMILES string of the molecule is COc1cccc(Cn2nc(C)c(NC(=O)Nc3ccccc3C(F)(F)F)c2C)c1. The highest BCUT2D eigenvalue weighted by molar-refractivity contribution is 6.01. The van der Waals surface area contributed by atoms with Crippen molar-refractivity contribution in [2.75, 3.05) is 17.7 Å². The molecule has 9 heteroatoms. The maximum atomic E-state index is 13.1. The van der Waals surface area contributed by atoms with E-state index in [1.54, 1.807) is 25.6 Å². The molecular weight excluding hydrogens is 397 g/mol. The Morgan fingerprint density at radius 3 is 2.53 bits per heavy atom. The van der Waals surface area contributed by atoms with Crippen LogP contribution in [0.3, 0.4) is 0 Å². The number of hydrogen-bond donors (Lipinski definition) is 2. The van der Waals surface area contributed by atoms with Gasteiger partial charge in [0.1, 0.15) is 5.75 Å². The van der Waals surface area contributed by atoms with E-state index in [0.29, 0.717) is 23.6 Å². The molecule has 3 rings (SSSR count). The van der Waals surface area contributed by atoms with E-state index in [2.05, 4.69) is 15.7 Å². The fraction of sp³-hybridized carbons (Fsp3) is 0.238. The number of nitrogens with one attached hydrogen (secondary N) is 2. The predicted octanol–water partition coefficient (Wildman–Crippen LogP) is 5.22. The van der Waals surface area contributed by atoms with Crippen molar-refractivity contribution in [3.05, 3.63) is 71.0 Å². The first-order valence-electron chi connectivity index (χ1n) is 9.10. The number of aromatic nitrogens is 2. The first-order valence-corrected chi connectivity index (χ1v) is 9.10. The molecule has 2 N–H and O–H groups in total. The van der Waals surface area contributed by atoms with Crippen molar-refractivity contribution in [1.82, 2.24) is 9.78 Å². The van der Waals surface area contributed by atoms with E-state index in [-0.39, 0.29) is 5.69 Å². The maximum Gasteiger partial charge on any atom is 0.418 e. The van der Waals surface area contributed by atoms with Crippen LogP contribution in [0.15, 0.2) is 48.5 Å². The molecule has 0 atom stereocenters. The van der Waals surface area contributed by atoms with Gasteiger partial charge in [0.25, 0.3) is 0 Å². The highest BCUT2D eigenvalue weighted by Gasteiger charge is 2.33. The Morgan fingerprint density at radius 1 is 1.10 bits per heavy atom. The van der Waals surface area contributed by atoms with Gasteiger partial charge in [-0.05, 0) is 43.7 Å². The average molecular weight is 418 g/mol. The minimum absolute atomic E-state index is 0.318. The molecule has 0 saturated carbocycles. The molecule has 0 spiro atoms. The normalized spacial score (nSPS) is 11.3. The fourth-order valence-electron chi connectivity index (χ4n) is 3.08. The van der Waals surface area contributed by atoms with E-state index in [1.807, 2.05) is 24.3 Å². The van der Waals surface area contributed by atoms with Crippen LogP contribution in [-0.2, 0) is 12.7 Å². The standard InChI is InChI=1S/C21H21F3N4O2/c1-13-19(14(2)28(27-13)12-15-7-6-8-16(11-15)30-3)26-20(29)25-18-10-5-4-9-17(18)21(22,23)24/h4-11H,12H2,1-3H3,(H2,25,26,29). The number of hydrogen-bond acceptors (Lipinski definition) is 3. The highest BCUT2D eigenvalue weighted by Crippen LogP contribution is 2.34. The molecule has 0 aliphatic rings. The monoisotopic (exact) mass is 418 g/mol. The maximum absolute atomic E-state index is 13.1. The summed E-state index contributed by atoms with van der Waals surface area (Å²) in [5.41, 5.74) is 1.39. The lowest BCUT2D eigenvalue weighted by atomic mass is 10.1. The molecule has 158 valence electrons. The van der Waals surface area contributed by atoms with Gasteiger partial charge < -0.3 is 15.4 Å². The molecule has 0 radical (unpaired) electrons. The molecule has 2 amide bonds. The second-order valence-corrected chi connectivity index (χ2v) is 6.68. The summed E-state index contributed by atoms with van der Waals surface area (Å²) in [6, 6.07) is 11.5. The predicted molar refractivity (Wildman–Crippen MR) is 108 cm³/mol. The number of carbonyl (C=O) groups is 1. The number of anilines is 2. The molecule has 3 aromatic rings. The Morgan fingerprint density at radius 2 is 1.83 bits per heavy atom. The minimum Gasteiger partial charge on any atom is -0.497 e. The third-order valence-corrected chi connectivity index (χ3v) is 4.57. The van der Waals surface area contributed by atoms with Gasteiger partial charge in [-0.2, -0.15) is 18.3 Å². The zero-order chi connectivity index (χ0) is 21.9. The summed E-state index contributed by atoms with van der Waals surface area (Å²) >= 11 is 0. The summed E-state index contributed by atoms with van der Waals surface area (Å²) < 4.78 is 46.3. The van der Waals surface area contributed by atoms with Crippen molar-refractivity contribution < 1.29 is 22.7 Å². The molecule has 0 unspecified atom stereocenters. The third-order valence-electron chi connectivity index (χ3n) is 4.57. The first-order chi connectivity index (χ1) is 14.2. The fourth-order valence-corrected chi connectivity index (χ4v) is 3.08. The van der Waals surface area contributed by atoms with Crippen LogP contribution in [0.4, 0.5) is 29.3 Å². The Balaban J connectivity index is 1.77. The summed E-state index contributed by atoms with van der Waals surface area (Å²) in [5.74, 6) is 0.718. The molecule has 1 heterocycles. The summed E-state index contributed by atoms with van der Waals surface area (Å²) in [4.78, 5) is 12.4. The van der Waals surface area contributed by atoms with E-state index in [1.165, 1.54) is 18.2 Å². The molecule has 0 bridgehead atoms. The van der Waals surface area contributed by atoms with Gasteiger partial charge in [-0.15, -0.1) is 0 Å². The number of para-hydroxylation sites is 1. The zero-order valence-electron chi connectivity index (χ0n) is 16.7. The molecular formula is C21H21F3N4O2. The van der Waals surface area contributed by atoms with Crippen molar-refractivity contribution in [2.45, 2.75) is 26.6 Å². The van der Waals surface area contributed by atoms with Gasteiger partial charge in [0, 0.05) is 0 Å². The van der Waals surface area contributed by atoms with E-state index in [0.717, 1.165) is 17.4 Å². The third kappa shape index (κ3) is 4.73. The van der Waals surface area contributed by atoms with Crippen LogP contribution in [0.25, 0.3) is 0 Å². The average Bonchev–Trinajstić information content (AvgIpc) is 2.95. The second-order valence-electron chi connectivity index (χ2n) is 6.68. The first kappa shape index (κ1) is 21.2. The van der Waals surface area contributed by atoms with E-state index in [4.69, 9.17) is 4.74 Å². The van der Waals surface area contributed by atoms with E-state index >= 15 is 0 Å². The lowest BCUT2D eigenvalue weighted by Crippen LogP contribution is -2.22. The van der Waals surface area contributed by atoms with Crippen LogP contribution in [-0.4, -0.2) is 22.9 Å².